The van der Waals surface area contributed by atoms with Gasteiger partial charge in [0, 0.05) is 12.6 Å². The van der Waals surface area contributed by atoms with Crippen LogP contribution in [0.3, 0.4) is 0 Å². The van der Waals surface area contributed by atoms with E-state index in [4.69, 9.17) is 5.73 Å². The molecule has 14 heavy (non-hydrogen) atoms. The van der Waals surface area contributed by atoms with Crippen molar-refractivity contribution in [2.24, 2.45) is 5.73 Å². The van der Waals surface area contributed by atoms with Gasteiger partial charge in [0.05, 0.1) is 7.11 Å². The summed E-state index contributed by atoms with van der Waals surface area (Å²) in [5.41, 5.74) is 7.47. The van der Waals surface area contributed by atoms with Gasteiger partial charge < -0.3 is 10.5 Å². The standard InChI is InChI=1S/C11H13NO2/c1-14-11(13)6-5-9-3-2-4-10(7-9)8-12/h2-7H,8,12H2,1H3. The Bertz CT molecular complexity index is 345. The molecule has 0 atom stereocenters. The fraction of sp³-hybridized carbons (Fsp3) is 0.182. The lowest BCUT2D eigenvalue weighted by molar-refractivity contribution is -0.134. The van der Waals surface area contributed by atoms with Crippen LogP contribution in [0.5, 0.6) is 0 Å². The number of rotatable bonds is 3. The van der Waals surface area contributed by atoms with E-state index in [0.29, 0.717) is 6.54 Å². The Kier molecular flexibility index (Phi) is 3.88. The number of nitrogens with two attached hydrogens (primary N) is 1. The lowest BCUT2D eigenvalue weighted by Gasteiger charge is -1.97. The zero-order chi connectivity index (χ0) is 10.4. The second kappa shape index (κ2) is 5.19. The van der Waals surface area contributed by atoms with E-state index in [2.05, 4.69) is 4.74 Å². The van der Waals surface area contributed by atoms with Gasteiger partial charge in [-0.1, -0.05) is 24.3 Å². The van der Waals surface area contributed by atoms with E-state index in [9.17, 15) is 4.79 Å². The van der Waals surface area contributed by atoms with Crippen molar-refractivity contribution in [3.05, 3.63) is 41.5 Å². The minimum Gasteiger partial charge on any atom is -0.466 e. The molecule has 2 N–H and O–H groups in total. The Morgan fingerprint density at radius 3 is 3.00 bits per heavy atom. The van der Waals surface area contributed by atoms with Crippen LogP contribution in [0, 0.1) is 0 Å². The van der Waals surface area contributed by atoms with E-state index in [1.165, 1.54) is 13.2 Å². The molecular formula is C11H13NO2. The quantitative estimate of drug-likeness (QED) is 0.579. The van der Waals surface area contributed by atoms with Crippen LogP contribution in [-0.2, 0) is 16.1 Å². The van der Waals surface area contributed by atoms with Crippen LogP contribution in [0.15, 0.2) is 30.3 Å². The SMILES string of the molecule is COC(=O)C=Cc1cccc(CN)c1. The Balaban J connectivity index is 2.76. The number of carbonyl (C=O) groups excluding carboxylic acids is 1. The third-order valence-corrected chi connectivity index (χ3v) is 1.80. The van der Waals surface area contributed by atoms with Crippen molar-refractivity contribution >= 4 is 12.0 Å². The number of ether oxygens (including phenoxy) is 1. The lowest BCUT2D eigenvalue weighted by Crippen LogP contribution is -1.96. The summed E-state index contributed by atoms with van der Waals surface area (Å²) in [6.45, 7) is 0.500. The lowest BCUT2D eigenvalue weighted by atomic mass is 10.1. The highest BCUT2D eigenvalue weighted by molar-refractivity contribution is 5.86. The molecular weight excluding hydrogens is 178 g/mol. The molecule has 1 aromatic carbocycles. The first-order chi connectivity index (χ1) is 6.76. The molecule has 0 fully saturated rings. The van der Waals surface area contributed by atoms with Gasteiger partial charge in [-0.3, -0.25) is 0 Å². The Morgan fingerprint density at radius 2 is 2.36 bits per heavy atom. The highest BCUT2D eigenvalue weighted by atomic mass is 16.5. The normalized spacial score (nSPS) is 10.4. The maximum Gasteiger partial charge on any atom is 0.330 e. The summed E-state index contributed by atoms with van der Waals surface area (Å²) in [6, 6.07) is 7.67. The summed E-state index contributed by atoms with van der Waals surface area (Å²) in [5.74, 6) is -0.358. The molecule has 0 saturated carbocycles. The van der Waals surface area contributed by atoms with Crippen molar-refractivity contribution in [1.82, 2.24) is 0 Å². The molecule has 0 unspecified atom stereocenters. The maximum atomic E-state index is 10.8. The number of esters is 1. The van der Waals surface area contributed by atoms with E-state index in [1.54, 1.807) is 6.08 Å². The second-order valence-corrected chi connectivity index (χ2v) is 2.81. The van der Waals surface area contributed by atoms with Gasteiger partial charge in [-0.2, -0.15) is 0 Å². The van der Waals surface area contributed by atoms with Crippen LogP contribution in [0.1, 0.15) is 11.1 Å². The van der Waals surface area contributed by atoms with Gasteiger partial charge in [-0.05, 0) is 17.2 Å². The molecule has 1 aromatic rings. The van der Waals surface area contributed by atoms with Gasteiger partial charge in [0.25, 0.3) is 0 Å². The predicted octanol–water partition coefficient (Wildman–Crippen LogP) is 1.33. The smallest absolute Gasteiger partial charge is 0.330 e. The molecule has 74 valence electrons. The van der Waals surface area contributed by atoms with Crippen LogP contribution in [0.25, 0.3) is 6.08 Å². The average Bonchev–Trinajstić information content (AvgIpc) is 2.26. The highest BCUT2D eigenvalue weighted by Crippen LogP contribution is 2.06. The van der Waals surface area contributed by atoms with E-state index in [-0.39, 0.29) is 5.97 Å². The molecule has 0 spiro atoms. The Hall–Kier alpha value is -1.61. The molecule has 0 bridgehead atoms. The summed E-state index contributed by atoms with van der Waals surface area (Å²) in [6.07, 6.45) is 3.08. The molecule has 0 aliphatic rings. The summed E-state index contributed by atoms with van der Waals surface area (Å²) < 4.78 is 4.48. The second-order valence-electron chi connectivity index (χ2n) is 2.81. The van der Waals surface area contributed by atoms with Gasteiger partial charge in [0.2, 0.25) is 0 Å². The molecule has 0 amide bonds. The minimum atomic E-state index is -0.358. The van der Waals surface area contributed by atoms with Gasteiger partial charge in [-0.25, -0.2) is 4.79 Å². The molecule has 0 saturated heterocycles. The molecule has 3 heteroatoms. The highest BCUT2D eigenvalue weighted by Gasteiger charge is 1.93. The first kappa shape index (κ1) is 10.5. The largest absolute Gasteiger partial charge is 0.466 e. The van der Waals surface area contributed by atoms with E-state index in [0.717, 1.165) is 11.1 Å². The molecule has 0 aromatic heterocycles. The third-order valence-electron chi connectivity index (χ3n) is 1.80. The van der Waals surface area contributed by atoms with Crippen LogP contribution < -0.4 is 5.73 Å². The van der Waals surface area contributed by atoms with Crippen LogP contribution in [0.4, 0.5) is 0 Å². The van der Waals surface area contributed by atoms with Crippen LogP contribution in [-0.4, -0.2) is 13.1 Å². The van der Waals surface area contributed by atoms with E-state index >= 15 is 0 Å². The van der Waals surface area contributed by atoms with Crippen LogP contribution >= 0.6 is 0 Å². The zero-order valence-electron chi connectivity index (χ0n) is 8.07. The summed E-state index contributed by atoms with van der Waals surface area (Å²) >= 11 is 0. The first-order valence-electron chi connectivity index (χ1n) is 4.31. The van der Waals surface area contributed by atoms with Crippen LogP contribution in [0.2, 0.25) is 0 Å². The topological polar surface area (TPSA) is 52.3 Å². The van der Waals surface area contributed by atoms with E-state index < -0.39 is 0 Å². The first-order valence-corrected chi connectivity index (χ1v) is 4.31. The fourth-order valence-electron chi connectivity index (χ4n) is 1.06. The average molecular weight is 191 g/mol. The van der Waals surface area contributed by atoms with E-state index in [1.807, 2.05) is 24.3 Å². The Morgan fingerprint density at radius 1 is 1.57 bits per heavy atom. The predicted molar refractivity (Wildman–Crippen MR) is 55.4 cm³/mol. The zero-order valence-corrected chi connectivity index (χ0v) is 8.07. The van der Waals surface area contributed by atoms with Gasteiger partial charge >= 0.3 is 5.97 Å². The third kappa shape index (κ3) is 3.03. The summed E-state index contributed by atoms with van der Waals surface area (Å²) in [7, 11) is 1.35. The molecule has 0 aliphatic carbocycles. The maximum absolute atomic E-state index is 10.8. The minimum absolute atomic E-state index is 0.358. The molecule has 0 heterocycles. The fourth-order valence-corrected chi connectivity index (χ4v) is 1.06. The number of methoxy groups -OCH3 is 1. The van der Waals surface area contributed by atoms with Crippen molar-refractivity contribution in [3.8, 4) is 0 Å². The van der Waals surface area contributed by atoms with Gasteiger partial charge in [-0.15, -0.1) is 0 Å². The van der Waals surface area contributed by atoms with Crippen molar-refractivity contribution < 1.29 is 9.53 Å². The summed E-state index contributed by atoms with van der Waals surface area (Å²) in [5, 5.41) is 0. The number of hydrogen-bond donors (Lipinski definition) is 1. The molecule has 0 aliphatic heterocycles. The van der Waals surface area contributed by atoms with Gasteiger partial charge in [0.15, 0.2) is 0 Å². The number of carbonyl (C=O) groups is 1. The van der Waals surface area contributed by atoms with Crippen molar-refractivity contribution in [2.45, 2.75) is 6.54 Å². The summed E-state index contributed by atoms with van der Waals surface area (Å²) in [4.78, 5) is 10.8. The van der Waals surface area contributed by atoms with Crippen molar-refractivity contribution in [3.63, 3.8) is 0 Å². The molecule has 0 radical (unpaired) electrons. The molecule has 3 nitrogen and oxygen atoms in total. The Labute approximate surface area is 83.2 Å². The molecule has 1 rings (SSSR count). The van der Waals surface area contributed by atoms with Crippen molar-refractivity contribution in [2.75, 3.05) is 7.11 Å². The van der Waals surface area contributed by atoms with Gasteiger partial charge in [0.1, 0.15) is 0 Å². The number of benzene rings is 1. The number of hydrogen-bond acceptors (Lipinski definition) is 3. The van der Waals surface area contributed by atoms with Crippen molar-refractivity contribution in [1.29, 1.82) is 0 Å². The monoisotopic (exact) mass is 191 g/mol.